The van der Waals surface area contributed by atoms with Crippen LogP contribution in [-0.4, -0.2) is 26.0 Å². The van der Waals surface area contributed by atoms with Gasteiger partial charge in [0.05, 0.1) is 6.04 Å². The number of allylic oxidation sites excluding steroid dienone is 2. The number of anilines is 1. The summed E-state index contributed by atoms with van der Waals surface area (Å²) in [4.78, 5) is 12.6. The molecule has 1 aromatic heterocycles. The van der Waals surface area contributed by atoms with Crippen LogP contribution in [0.25, 0.3) is 0 Å². The molecule has 2 atom stereocenters. The van der Waals surface area contributed by atoms with Crippen molar-refractivity contribution in [3.63, 3.8) is 0 Å². The summed E-state index contributed by atoms with van der Waals surface area (Å²) in [5.41, 5.74) is 2.99. The SMILES string of the molecule is C[C@H]1C2=C(C[C@H](c3ccccc3)CC2=O)Nc2nnnn21. The molecular formula is C15H15N5O. The number of ketones is 1. The van der Waals surface area contributed by atoms with Crippen LogP contribution in [0.4, 0.5) is 5.95 Å². The predicted octanol–water partition coefficient (Wildman–Crippen LogP) is 2.06. The largest absolute Gasteiger partial charge is 0.326 e. The smallest absolute Gasteiger partial charge is 0.247 e. The molecule has 6 nitrogen and oxygen atoms in total. The van der Waals surface area contributed by atoms with Crippen LogP contribution in [0.5, 0.6) is 0 Å². The van der Waals surface area contributed by atoms with Crippen LogP contribution in [0.1, 0.15) is 37.3 Å². The molecule has 4 rings (SSSR count). The van der Waals surface area contributed by atoms with Gasteiger partial charge >= 0.3 is 0 Å². The van der Waals surface area contributed by atoms with Gasteiger partial charge in [-0.25, -0.2) is 4.68 Å². The van der Waals surface area contributed by atoms with Gasteiger partial charge in [0.2, 0.25) is 5.95 Å². The molecule has 106 valence electrons. The van der Waals surface area contributed by atoms with Crippen molar-refractivity contribution in [3.05, 3.63) is 47.2 Å². The molecule has 1 N–H and O–H groups in total. The molecule has 0 unspecified atom stereocenters. The van der Waals surface area contributed by atoms with Crippen LogP contribution in [0.15, 0.2) is 41.6 Å². The lowest BCUT2D eigenvalue weighted by molar-refractivity contribution is -0.116. The van der Waals surface area contributed by atoms with Gasteiger partial charge in [-0.15, -0.1) is 0 Å². The molecule has 0 fully saturated rings. The van der Waals surface area contributed by atoms with Crippen molar-refractivity contribution in [1.82, 2.24) is 20.2 Å². The van der Waals surface area contributed by atoms with Gasteiger partial charge in [-0.2, -0.15) is 0 Å². The van der Waals surface area contributed by atoms with Crippen LogP contribution in [0, 0.1) is 0 Å². The van der Waals surface area contributed by atoms with E-state index in [1.54, 1.807) is 4.68 Å². The molecule has 6 heteroatoms. The number of nitrogens with one attached hydrogen (secondary N) is 1. The minimum Gasteiger partial charge on any atom is -0.326 e. The van der Waals surface area contributed by atoms with Crippen molar-refractivity contribution in [3.8, 4) is 0 Å². The fourth-order valence-corrected chi connectivity index (χ4v) is 3.29. The average Bonchev–Trinajstić information content (AvgIpc) is 2.96. The summed E-state index contributed by atoms with van der Waals surface area (Å²) >= 11 is 0. The monoisotopic (exact) mass is 281 g/mol. The maximum Gasteiger partial charge on any atom is 0.247 e. The number of carbonyl (C=O) groups excluding carboxylic acids is 1. The first-order valence-corrected chi connectivity index (χ1v) is 7.10. The Morgan fingerprint density at radius 2 is 2.05 bits per heavy atom. The van der Waals surface area contributed by atoms with Crippen molar-refractivity contribution >= 4 is 11.7 Å². The van der Waals surface area contributed by atoms with Gasteiger partial charge in [-0.05, 0) is 35.3 Å². The number of nitrogens with zero attached hydrogens (tertiary/aromatic N) is 4. The summed E-state index contributed by atoms with van der Waals surface area (Å²) in [5, 5.41) is 14.8. The predicted molar refractivity (Wildman–Crippen MR) is 76.6 cm³/mol. The van der Waals surface area contributed by atoms with Crippen molar-refractivity contribution in [2.75, 3.05) is 5.32 Å². The molecule has 0 radical (unpaired) electrons. The molecule has 0 saturated carbocycles. The third-order valence-electron chi connectivity index (χ3n) is 4.32. The van der Waals surface area contributed by atoms with Crippen molar-refractivity contribution in [1.29, 1.82) is 0 Å². The van der Waals surface area contributed by atoms with Gasteiger partial charge < -0.3 is 5.32 Å². The van der Waals surface area contributed by atoms with Gasteiger partial charge in [0.15, 0.2) is 5.78 Å². The van der Waals surface area contributed by atoms with Crippen LogP contribution in [0.2, 0.25) is 0 Å². The highest BCUT2D eigenvalue weighted by Gasteiger charge is 2.36. The molecule has 2 aromatic rings. The summed E-state index contributed by atoms with van der Waals surface area (Å²) in [5.74, 6) is 1.02. The molecule has 2 aliphatic rings. The zero-order chi connectivity index (χ0) is 14.4. The first kappa shape index (κ1) is 12.3. The minimum atomic E-state index is -0.101. The van der Waals surface area contributed by atoms with Crippen molar-refractivity contribution in [2.45, 2.75) is 31.7 Å². The molecule has 0 spiro atoms. The van der Waals surface area contributed by atoms with Gasteiger partial charge in [0.1, 0.15) is 0 Å². The van der Waals surface area contributed by atoms with E-state index < -0.39 is 0 Å². The van der Waals surface area contributed by atoms with Gasteiger partial charge in [0, 0.05) is 17.7 Å². The Kier molecular flexibility index (Phi) is 2.63. The molecule has 1 aliphatic heterocycles. The van der Waals surface area contributed by atoms with Crippen LogP contribution in [0.3, 0.4) is 0 Å². The van der Waals surface area contributed by atoms with E-state index in [-0.39, 0.29) is 17.7 Å². The van der Waals surface area contributed by atoms with Crippen LogP contribution < -0.4 is 5.32 Å². The van der Waals surface area contributed by atoms with E-state index in [0.29, 0.717) is 12.4 Å². The molecule has 0 saturated heterocycles. The van der Waals surface area contributed by atoms with Gasteiger partial charge in [-0.1, -0.05) is 35.4 Å². The highest BCUT2D eigenvalue weighted by molar-refractivity contribution is 5.99. The number of carbonyl (C=O) groups is 1. The molecule has 1 aromatic carbocycles. The standard InChI is InChI=1S/C15H15N5O/c1-9-14-12(16-15-17-18-19-20(9)15)7-11(8-13(14)21)10-5-3-2-4-6-10/h2-6,9,11H,7-8H2,1H3,(H,16,17,19)/t9-,11-/m0/s1. The quantitative estimate of drug-likeness (QED) is 0.866. The lowest BCUT2D eigenvalue weighted by Crippen LogP contribution is -2.31. The molecule has 0 bridgehead atoms. The lowest BCUT2D eigenvalue weighted by atomic mass is 9.79. The third kappa shape index (κ3) is 1.86. The van der Waals surface area contributed by atoms with Gasteiger partial charge in [-0.3, -0.25) is 4.79 Å². The Labute approximate surface area is 121 Å². The second kappa shape index (κ2) is 4.51. The van der Waals surface area contributed by atoms with Gasteiger partial charge in [0.25, 0.3) is 0 Å². The van der Waals surface area contributed by atoms with E-state index in [0.717, 1.165) is 17.7 Å². The third-order valence-corrected chi connectivity index (χ3v) is 4.32. The first-order chi connectivity index (χ1) is 10.2. The average molecular weight is 281 g/mol. The summed E-state index contributed by atoms with van der Waals surface area (Å²) in [6.45, 7) is 1.97. The molecule has 2 heterocycles. The highest BCUT2D eigenvalue weighted by atomic mass is 16.1. The number of benzene rings is 1. The van der Waals surface area contributed by atoms with Crippen molar-refractivity contribution < 1.29 is 4.79 Å². The Bertz CT molecular complexity index is 734. The highest BCUT2D eigenvalue weighted by Crippen LogP contribution is 2.40. The topological polar surface area (TPSA) is 72.7 Å². The van der Waals surface area contributed by atoms with Crippen LogP contribution in [-0.2, 0) is 4.79 Å². The van der Waals surface area contributed by atoms with E-state index in [1.807, 2.05) is 25.1 Å². The summed E-state index contributed by atoms with van der Waals surface area (Å²) in [7, 11) is 0. The second-order valence-corrected chi connectivity index (χ2v) is 5.58. The number of hydrogen-bond donors (Lipinski definition) is 1. The molecule has 0 amide bonds. The molecule has 21 heavy (non-hydrogen) atoms. The Morgan fingerprint density at radius 3 is 2.86 bits per heavy atom. The lowest BCUT2D eigenvalue weighted by Gasteiger charge is -2.33. The zero-order valence-electron chi connectivity index (χ0n) is 11.7. The molecule has 1 aliphatic carbocycles. The number of rotatable bonds is 1. The Balaban J connectivity index is 1.71. The Morgan fingerprint density at radius 1 is 1.24 bits per heavy atom. The summed E-state index contributed by atoms with van der Waals surface area (Å²) in [6.07, 6.45) is 1.37. The normalized spacial score (nSPS) is 24.3. The Hall–Kier alpha value is -2.50. The number of Topliss-reactive ketones (excluding diaryl/α,β-unsaturated/α-hetero) is 1. The van der Waals surface area contributed by atoms with E-state index in [2.05, 4.69) is 33.0 Å². The zero-order valence-corrected chi connectivity index (χ0v) is 11.7. The molecular weight excluding hydrogens is 266 g/mol. The number of aromatic nitrogens is 4. The summed E-state index contributed by atoms with van der Waals surface area (Å²) < 4.78 is 1.67. The maximum absolute atomic E-state index is 12.6. The van der Waals surface area contributed by atoms with Crippen LogP contribution >= 0.6 is 0 Å². The number of fused-ring (bicyclic) bond motifs is 1. The number of hydrogen-bond acceptors (Lipinski definition) is 5. The number of tetrazole rings is 1. The first-order valence-electron chi connectivity index (χ1n) is 7.10. The van der Waals surface area contributed by atoms with E-state index in [9.17, 15) is 4.79 Å². The fraction of sp³-hybridized carbons (Fsp3) is 0.333. The summed E-state index contributed by atoms with van der Waals surface area (Å²) in [6, 6.07) is 10.1. The van der Waals surface area contributed by atoms with E-state index in [1.165, 1.54) is 5.56 Å². The van der Waals surface area contributed by atoms with Crippen molar-refractivity contribution in [2.24, 2.45) is 0 Å². The van der Waals surface area contributed by atoms with E-state index >= 15 is 0 Å². The minimum absolute atomic E-state index is 0.101. The second-order valence-electron chi connectivity index (χ2n) is 5.58. The fourth-order valence-electron chi connectivity index (χ4n) is 3.29. The van der Waals surface area contributed by atoms with E-state index in [4.69, 9.17) is 0 Å². The maximum atomic E-state index is 12.6.